The average Bonchev–Trinajstić information content (AvgIpc) is 2.38. The van der Waals surface area contributed by atoms with E-state index in [2.05, 4.69) is 0 Å². The number of hydrogen-bond donors (Lipinski definition) is 0. The lowest BCUT2D eigenvalue weighted by atomic mass is 9.81. The van der Waals surface area contributed by atoms with E-state index in [1.165, 1.54) is 13.3 Å². The molecule has 92 valence electrons. The summed E-state index contributed by atoms with van der Waals surface area (Å²) < 4.78 is 0. The van der Waals surface area contributed by atoms with Crippen LogP contribution in [0.4, 0.5) is 0 Å². The van der Waals surface area contributed by atoms with Crippen molar-refractivity contribution in [2.75, 3.05) is 0 Å². The molecule has 0 aromatic heterocycles. The first-order valence-corrected chi connectivity index (χ1v) is 6.19. The second-order valence-corrected chi connectivity index (χ2v) is 5.31. The van der Waals surface area contributed by atoms with E-state index in [1.807, 2.05) is 0 Å². The van der Waals surface area contributed by atoms with Crippen LogP contribution in [0.25, 0.3) is 0 Å². The molecule has 0 N–H and O–H groups in total. The third kappa shape index (κ3) is 2.01. The summed E-state index contributed by atoms with van der Waals surface area (Å²) in [4.78, 5) is 17.0. The monoisotopic (exact) mass is 226 g/mol. The second-order valence-electron chi connectivity index (χ2n) is 5.31. The summed E-state index contributed by atoms with van der Waals surface area (Å²) in [6, 6.07) is 0. The van der Waals surface area contributed by atoms with E-state index in [-0.39, 0.29) is 11.9 Å². The number of carbonyl (C=O) groups excluding carboxylic acids is 1. The second kappa shape index (κ2) is 4.43. The van der Waals surface area contributed by atoms with Crippen molar-refractivity contribution in [3.05, 3.63) is 5.21 Å². The van der Waals surface area contributed by atoms with Crippen LogP contribution in [0.15, 0.2) is 0 Å². The maximum absolute atomic E-state index is 11.9. The summed E-state index contributed by atoms with van der Waals surface area (Å²) in [6.07, 6.45) is 6.02. The third-order valence-corrected chi connectivity index (χ3v) is 4.23. The fourth-order valence-corrected chi connectivity index (χ4v) is 2.74. The highest BCUT2D eigenvalue weighted by Crippen LogP contribution is 2.38. The first kappa shape index (κ1) is 12.0. The summed E-state index contributed by atoms with van der Waals surface area (Å²) >= 11 is 0. The molecule has 1 aliphatic heterocycles. The molecule has 0 aromatic rings. The zero-order chi connectivity index (χ0) is 11.8. The fourth-order valence-electron chi connectivity index (χ4n) is 2.74. The molecule has 0 radical (unpaired) electrons. The van der Waals surface area contributed by atoms with Crippen LogP contribution >= 0.6 is 0 Å². The van der Waals surface area contributed by atoms with Gasteiger partial charge in [-0.3, -0.25) is 4.79 Å². The van der Waals surface area contributed by atoms with Gasteiger partial charge in [0.15, 0.2) is 5.78 Å². The van der Waals surface area contributed by atoms with E-state index in [1.54, 1.807) is 6.92 Å². The predicted octanol–water partition coefficient (Wildman–Crippen LogP) is 2.42. The minimum atomic E-state index is -0.975. The molecule has 2 aliphatic rings. The number of rotatable bonds is 1. The average molecular weight is 226 g/mol. The van der Waals surface area contributed by atoms with Crippen molar-refractivity contribution in [2.45, 2.75) is 64.0 Å². The highest BCUT2D eigenvalue weighted by Gasteiger charge is 2.40. The summed E-state index contributed by atoms with van der Waals surface area (Å²) in [6.45, 7) is 3.17. The van der Waals surface area contributed by atoms with Gasteiger partial charge in [-0.1, -0.05) is 12.8 Å². The van der Waals surface area contributed by atoms with Crippen molar-refractivity contribution >= 4 is 5.78 Å². The first-order chi connectivity index (χ1) is 7.54. The Morgan fingerprint density at radius 3 is 2.75 bits per heavy atom. The van der Waals surface area contributed by atoms with Crippen LogP contribution in [0.2, 0.25) is 0 Å². The minimum Gasteiger partial charge on any atom is -0.761 e. The molecule has 0 spiro atoms. The fraction of sp³-hybridized carbons (Fsp3) is 0.917. The minimum absolute atomic E-state index is 0.0347. The molecule has 2 fully saturated rings. The SMILES string of the molecule is CC(=O)C1(C)CCC2CCCCC2ON1[O-]. The van der Waals surface area contributed by atoms with Crippen molar-refractivity contribution in [2.24, 2.45) is 5.92 Å². The Morgan fingerprint density at radius 2 is 2.06 bits per heavy atom. The lowest BCUT2D eigenvalue weighted by Crippen LogP contribution is -2.48. The molecular weight excluding hydrogens is 206 g/mol. The quantitative estimate of drug-likeness (QED) is 0.689. The zero-order valence-corrected chi connectivity index (χ0v) is 10.1. The normalized spacial score (nSPS) is 41.2. The molecule has 1 aliphatic carbocycles. The van der Waals surface area contributed by atoms with Gasteiger partial charge in [-0.2, -0.15) is 0 Å². The van der Waals surface area contributed by atoms with Crippen LogP contribution < -0.4 is 0 Å². The van der Waals surface area contributed by atoms with Gasteiger partial charge < -0.3 is 10.0 Å². The van der Waals surface area contributed by atoms with Crippen molar-refractivity contribution in [1.82, 2.24) is 5.23 Å². The number of hydrogen-bond acceptors (Lipinski definition) is 4. The van der Waals surface area contributed by atoms with Crippen LogP contribution in [0.5, 0.6) is 0 Å². The maximum Gasteiger partial charge on any atom is 0.150 e. The van der Waals surface area contributed by atoms with Crippen molar-refractivity contribution in [3.8, 4) is 0 Å². The smallest absolute Gasteiger partial charge is 0.150 e. The Labute approximate surface area is 96.5 Å². The topological polar surface area (TPSA) is 52.6 Å². The summed E-state index contributed by atoms with van der Waals surface area (Å²) in [5.74, 6) is 0.368. The van der Waals surface area contributed by atoms with E-state index < -0.39 is 5.54 Å². The van der Waals surface area contributed by atoms with Crippen molar-refractivity contribution in [1.29, 1.82) is 0 Å². The molecule has 4 heteroatoms. The predicted molar refractivity (Wildman–Crippen MR) is 60.4 cm³/mol. The van der Waals surface area contributed by atoms with Gasteiger partial charge in [0.05, 0.1) is 11.6 Å². The Hall–Kier alpha value is -0.450. The van der Waals surface area contributed by atoms with Crippen LogP contribution in [-0.2, 0) is 9.63 Å². The molecule has 1 heterocycles. The molecule has 3 atom stereocenters. The molecule has 1 saturated heterocycles. The molecule has 3 unspecified atom stereocenters. The van der Waals surface area contributed by atoms with E-state index in [4.69, 9.17) is 4.84 Å². The summed E-state index contributed by atoms with van der Waals surface area (Å²) in [7, 11) is 0. The Bertz CT molecular complexity index is 281. The number of carbonyl (C=O) groups is 1. The van der Waals surface area contributed by atoms with Crippen LogP contribution in [0.3, 0.4) is 0 Å². The van der Waals surface area contributed by atoms with Gasteiger partial charge in [0.2, 0.25) is 0 Å². The molecule has 2 rings (SSSR count). The van der Waals surface area contributed by atoms with E-state index >= 15 is 0 Å². The lowest BCUT2D eigenvalue weighted by molar-refractivity contribution is -0.219. The zero-order valence-electron chi connectivity index (χ0n) is 10.1. The van der Waals surface area contributed by atoms with Crippen LogP contribution in [0, 0.1) is 11.1 Å². The van der Waals surface area contributed by atoms with Crippen molar-refractivity contribution < 1.29 is 9.63 Å². The van der Waals surface area contributed by atoms with Gasteiger partial charge in [0.1, 0.15) is 0 Å². The van der Waals surface area contributed by atoms with Gasteiger partial charge in [0, 0.05) is 0 Å². The number of ketones is 1. The Balaban J connectivity index is 2.14. The molecule has 0 bridgehead atoms. The molecule has 0 amide bonds. The van der Waals surface area contributed by atoms with Gasteiger partial charge >= 0.3 is 0 Å². The molecule has 0 aromatic carbocycles. The third-order valence-electron chi connectivity index (χ3n) is 4.23. The first-order valence-electron chi connectivity index (χ1n) is 6.19. The molecule has 4 nitrogen and oxygen atoms in total. The number of Topliss-reactive ketones (excluding diaryl/α,β-unsaturated/α-hetero) is 1. The number of fused-ring (bicyclic) bond motifs is 1. The van der Waals surface area contributed by atoms with Gasteiger partial charge in [0.25, 0.3) is 0 Å². The van der Waals surface area contributed by atoms with Crippen LogP contribution in [-0.4, -0.2) is 22.7 Å². The van der Waals surface area contributed by atoms with Gasteiger partial charge in [-0.15, -0.1) is 0 Å². The number of hydroxylamine groups is 2. The summed E-state index contributed by atoms with van der Waals surface area (Å²) in [5.41, 5.74) is -0.975. The number of nitrogens with zero attached hydrogens (tertiary/aromatic N) is 1. The molecular formula is C12H20NO3-. The molecule has 16 heavy (non-hydrogen) atoms. The van der Waals surface area contributed by atoms with Gasteiger partial charge in [-0.05, 0) is 45.4 Å². The highest BCUT2D eigenvalue weighted by molar-refractivity contribution is 5.85. The Kier molecular flexibility index (Phi) is 3.33. The standard InChI is InChI=1S/C12H20NO3/c1-9(14)12(2)8-7-10-5-3-4-6-11(10)16-13(12)15/h10-11H,3-8H2,1-2H3/q-1. The van der Waals surface area contributed by atoms with Crippen molar-refractivity contribution in [3.63, 3.8) is 0 Å². The largest absolute Gasteiger partial charge is 0.761 e. The summed E-state index contributed by atoms with van der Waals surface area (Å²) in [5, 5.41) is 12.5. The van der Waals surface area contributed by atoms with E-state index in [0.29, 0.717) is 17.6 Å². The van der Waals surface area contributed by atoms with E-state index in [0.717, 1.165) is 25.7 Å². The highest BCUT2D eigenvalue weighted by atomic mass is 16.9. The van der Waals surface area contributed by atoms with Crippen LogP contribution in [0.1, 0.15) is 52.4 Å². The maximum atomic E-state index is 11.9. The Morgan fingerprint density at radius 1 is 1.38 bits per heavy atom. The van der Waals surface area contributed by atoms with Gasteiger partial charge in [-0.25, -0.2) is 5.23 Å². The van der Waals surface area contributed by atoms with E-state index in [9.17, 15) is 10.0 Å². The molecule has 1 saturated carbocycles. The lowest BCUT2D eigenvalue weighted by Gasteiger charge is -2.43.